The molecule has 6 aromatic rings. The predicted octanol–water partition coefficient (Wildman–Crippen LogP) is 2.91. The van der Waals surface area contributed by atoms with E-state index in [9.17, 15) is 28.8 Å². The molecule has 314 valence electrons. The van der Waals surface area contributed by atoms with Crippen LogP contribution in [0.2, 0.25) is 0 Å². The molecule has 0 spiro atoms. The van der Waals surface area contributed by atoms with Gasteiger partial charge < -0.3 is 47.1 Å². The van der Waals surface area contributed by atoms with E-state index in [1.54, 1.807) is 57.9 Å². The van der Waals surface area contributed by atoms with Crippen LogP contribution in [0, 0.1) is 0 Å². The maximum atomic E-state index is 13.0. The van der Waals surface area contributed by atoms with Crippen molar-refractivity contribution >= 4 is 79.4 Å². The van der Waals surface area contributed by atoms with Gasteiger partial charge in [0.2, 0.25) is 11.8 Å². The lowest BCUT2D eigenvalue weighted by Crippen LogP contribution is -2.42. The normalized spacial score (nSPS) is 11.4. The van der Waals surface area contributed by atoms with Crippen LogP contribution >= 0.6 is 22.7 Å². The Hall–Kier alpha value is -6.84. The molecule has 0 aliphatic carbocycles. The molecule has 60 heavy (non-hydrogen) atoms. The van der Waals surface area contributed by atoms with Crippen molar-refractivity contribution in [1.82, 2.24) is 40.0 Å². The molecule has 4 heterocycles. The van der Waals surface area contributed by atoms with Crippen LogP contribution in [-0.4, -0.2) is 101 Å². The minimum atomic E-state index is -0.919. The zero-order valence-electron chi connectivity index (χ0n) is 32.6. The molecule has 21 heteroatoms. The van der Waals surface area contributed by atoms with Crippen molar-refractivity contribution in [3.63, 3.8) is 0 Å². The molecule has 1 atom stereocenters. The summed E-state index contributed by atoms with van der Waals surface area (Å²) in [5.74, 6) is -1.78. The number of aromatic nitrogens is 4. The smallest absolute Gasteiger partial charge is 0.275 e. The Morgan fingerprint density at radius 1 is 0.667 bits per heavy atom. The molecule has 6 rings (SSSR count). The van der Waals surface area contributed by atoms with Gasteiger partial charge in [0.1, 0.15) is 22.9 Å². The van der Waals surface area contributed by atoms with Crippen LogP contribution < -0.4 is 47.1 Å². The number of anilines is 2. The third-order valence-corrected chi connectivity index (χ3v) is 10.5. The van der Waals surface area contributed by atoms with Gasteiger partial charge >= 0.3 is 0 Å². The minimum Gasteiger partial charge on any atom is -0.496 e. The van der Waals surface area contributed by atoms with Crippen LogP contribution in [0.3, 0.4) is 0 Å². The van der Waals surface area contributed by atoms with Crippen LogP contribution in [0.1, 0.15) is 67.4 Å². The number of carbonyl (C=O) groups excluding carboxylic acids is 6. The molecule has 0 saturated heterocycles. The Labute approximate surface area is 351 Å². The number of nitrogens with zero attached hydrogens (tertiary/aromatic N) is 4. The maximum Gasteiger partial charge on any atom is 0.275 e. The number of imidazole rings is 2. The number of thiazole rings is 2. The first-order valence-corrected chi connectivity index (χ1v) is 20.5. The highest BCUT2D eigenvalue weighted by Crippen LogP contribution is 2.25. The lowest BCUT2D eigenvalue weighted by molar-refractivity contribution is -0.123. The fourth-order valence-electron chi connectivity index (χ4n) is 5.84. The predicted molar refractivity (Wildman–Crippen MR) is 225 cm³/mol. The largest absolute Gasteiger partial charge is 0.496 e. The van der Waals surface area contributed by atoms with Crippen molar-refractivity contribution < 1.29 is 38.2 Å². The van der Waals surface area contributed by atoms with E-state index in [0.29, 0.717) is 45.6 Å². The van der Waals surface area contributed by atoms with Crippen molar-refractivity contribution in [3.8, 4) is 11.5 Å². The van der Waals surface area contributed by atoms with Crippen LogP contribution in [0.15, 0.2) is 71.9 Å². The van der Waals surface area contributed by atoms with Crippen LogP contribution in [0.5, 0.6) is 11.5 Å². The maximum absolute atomic E-state index is 13.0. The molecular weight excluding hydrogens is 815 g/mol. The summed E-state index contributed by atoms with van der Waals surface area (Å²) in [4.78, 5) is 86.3. The molecule has 0 fully saturated rings. The second kappa shape index (κ2) is 20.2. The molecule has 0 aliphatic rings. The van der Waals surface area contributed by atoms with E-state index >= 15 is 0 Å². The Balaban J connectivity index is 0.838. The molecule has 8 N–H and O–H groups in total. The molecule has 4 aromatic heterocycles. The van der Waals surface area contributed by atoms with E-state index in [1.165, 1.54) is 49.0 Å². The summed E-state index contributed by atoms with van der Waals surface area (Å²) < 4.78 is 14.2. The third kappa shape index (κ3) is 11.0. The average Bonchev–Trinajstić information content (AvgIpc) is 4.05. The summed E-state index contributed by atoms with van der Waals surface area (Å²) in [6, 6.07) is 8.50. The van der Waals surface area contributed by atoms with Gasteiger partial charge in [-0.1, -0.05) is 0 Å². The lowest BCUT2D eigenvalue weighted by Gasteiger charge is -2.14. The minimum absolute atomic E-state index is 0.0197. The van der Waals surface area contributed by atoms with Crippen molar-refractivity contribution in [2.45, 2.75) is 31.7 Å². The number of hydrogen-bond acceptors (Lipinski definition) is 13. The number of hydrogen-bond donors (Lipinski definition) is 7. The van der Waals surface area contributed by atoms with Gasteiger partial charge in [0.25, 0.3) is 23.6 Å². The van der Waals surface area contributed by atoms with Gasteiger partial charge in [0, 0.05) is 79.5 Å². The Morgan fingerprint density at radius 2 is 1.13 bits per heavy atom. The standard InChI is InChI=1S/C39H43N11O8S2/c1-57-30-8-5-23(45-36(55)28-21-49-15-17-59-38(49)47-28)19-25(30)33(52)42-12-3-11-41-32(51)10-7-27(40)35(54)44-14-4-13-43-34(53)26-20-24(6-9-31(26)58-2)46-37(56)29-22-50-16-18-60-39(50)48-29/h5-6,8-9,15-22,27H,3-4,7,10-14,40H2,1-2H3,(H,41,51)(H,42,52)(H,43,53)(H,44,54)(H,45,55)(H,46,56). The highest BCUT2D eigenvalue weighted by Gasteiger charge is 2.19. The van der Waals surface area contributed by atoms with Gasteiger partial charge in [-0.05, 0) is 55.7 Å². The Kier molecular flexibility index (Phi) is 14.4. The summed E-state index contributed by atoms with van der Waals surface area (Å²) in [6.45, 7) is 0.981. The molecule has 0 bridgehead atoms. The zero-order valence-corrected chi connectivity index (χ0v) is 34.2. The van der Waals surface area contributed by atoms with Gasteiger partial charge in [0.05, 0.1) is 31.4 Å². The zero-order chi connectivity index (χ0) is 42.6. The fourth-order valence-corrected chi connectivity index (χ4v) is 7.24. The highest BCUT2D eigenvalue weighted by molar-refractivity contribution is 7.15. The Bertz CT molecular complexity index is 2450. The molecule has 19 nitrogen and oxygen atoms in total. The SMILES string of the molecule is COc1ccc(NC(=O)c2cn3ccsc3n2)cc1C(=O)NCCCNC(=O)CCC(N)C(=O)NCCCNC(=O)c1cc(NC(=O)c2cn3ccsc3n2)ccc1OC. The van der Waals surface area contributed by atoms with Crippen molar-refractivity contribution in [1.29, 1.82) is 0 Å². The van der Waals surface area contributed by atoms with E-state index in [2.05, 4.69) is 41.9 Å². The van der Waals surface area contributed by atoms with Gasteiger partial charge in [-0.15, -0.1) is 22.7 Å². The van der Waals surface area contributed by atoms with Crippen LogP contribution in [0.25, 0.3) is 9.92 Å². The number of benzene rings is 2. The van der Waals surface area contributed by atoms with E-state index in [1.807, 2.05) is 10.8 Å². The number of carbonyl (C=O) groups is 6. The van der Waals surface area contributed by atoms with Crippen LogP contribution in [0.4, 0.5) is 11.4 Å². The molecule has 0 saturated carbocycles. The molecular formula is C39H43N11O8S2. The highest BCUT2D eigenvalue weighted by atomic mass is 32.1. The quantitative estimate of drug-likeness (QED) is 0.0550. The number of amides is 6. The lowest BCUT2D eigenvalue weighted by atomic mass is 10.1. The Morgan fingerprint density at radius 3 is 1.60 bits per heavy atom. The first-order chi connectivity index (χ1) is 29.0. The number of methoxy groups -OCH3 is 2. The monoisotopic (exact) mass is 857 g/mol. The van der Waals surface area contributed by atoms with Crippen molar-refractivity contribution in [3.05, 3.63) is 94.5 Å². The number of fused-ring (bicyclic) bond motifs is 2. The molecule has 0 radical (unpaired) electrons. The van der Waals surface area contributed by atoms with E-state index in [-0.39, 0.29) is 67.4 Å². The summed E-state index contributed by atoms with van der Waals surface area (Å²) >= 11 is 2.81. The second-order valence-corrected chi connectivity index (χ2v) is 14.9. The average molecular weight is 858 g/mol. The molecule has 2 aromatic carbocycles. The van der Waals surface area contributed by atoms with E-state index in [0.717, 1.165) is 0 Å². The van der Waals surface area contributed by atoms with Gasteiger partial charge in [-0.2, -0.15) is 0 Å². The summed E-state index contributed by atoms with van der Waals surface area (Å²) in [5.41, 5.74) is 7.70. The number of rotatable bonds is 20. The van der Waals surface area contributed by atoms with Gasteiger partial charge in [-0.3, -0.25) is 37.6 Å². The van der Waals surface area contributed by atoms with Crippen molar-refractivity contribution in [2.75, 3.05) is 51.0 Å². The number of ether oxygens (including phenoxy) is 2. The van der Waals surface area contributed by atoms with Gasteiger partial charge in [0.15, 0.2) is 9.92 Å². The first-order valence-electron chi connectivity index (χ1n) is 18.7. The third-order valence-electron chi connectivity index (χ3n) is 8.97. The molecule has 6 amide bonds. The van der Waals surface area contributed by atoms with Crippen molar-refractivity contribution in [2.24, 2.45) is 5.73 Å². The molecule has 1 unspecified atom stereocenters. The molecule has 0 aliphatic heterocycles. The van der Waals surface area contributed by atoms with E-state index < -0.39 is 35.6 Å². The van der Waals surface area contributed by atoms with E-state index in [4.69, 9.17) is 15.2 Å². The first kappa shape index (κ1) is 42.8. The fraction of sp³-hybridized carbons (Fsp3) is 0.282. The van der Waals surface area contributed by atoms with Gasteiger partial charge in [-0.25, -0.2) is 9.97 Å². The summed E-state index contributed by atoms with van der Waals surface area (Å²) in [5, 5.41) is 20.3. The number of nitrogens with two attached hydrogens (primary N) is 1. The second-order valence-electron chi connectivity index (χ2n) is 13.2. The summed E-state index contributed by atoms with van der Waals surface area (Å²) in [7, 11) is 2.87. The topological polar surface area (TPSA) is 254 Å². The number of nitrogens with one attached hydrogen (secondary N) is 6. The van der Waals surface area contributed by atoms with Crippen LogP contribution in [-0.2, 0) is 9.59 Å². The summed E-state index contributed by atoms with van der Waals surface area (Å²) in [6.07, 6.45) is 7.81.